The van der Waals surface area contributed by atoms with E-state index in [4.69, 9.17) is 4.74 Å². The summed E-state index contributed by atoms with van der Waals surface area (Å²) in [5, 5.41) is 6.08. The fourth-order valence-corrected chi connectivity index (χ4v) is 3.69. The average molecular weight is 415 g/mol. The molecule has 1 N–H and O–H groups in total. The summed E-state index contributed by atoms with van der Waals surface area (Å²) in [5.41, 5.74) is 6.63. The summed E-state index contributed by atoms with van der Waals surface area (Å²) >= 11 is 0. The molecule has 5 nitrogen and oxygen atoms in total. The van der Waals surface area contributed by atoms with Gasteiger partial charge in [-0.05, 0) is 67.1 Å². The zero-order valence-electron chi connectivity index (χ0n) is 17.5. The number of carbonyl (C=O) groups is 1. The van der Waals surface area contributed by atoms with Crippen molar-refractivity contribution in [3.8, 4) is 11.4 Å². The smallest absolute Gasteiger partial charge is 0.275 e. The zero-order chi connectivity index (χ0) is 22.0. The molecule has 4 aromatic rings. The van der Waals surface area contributed by atoms with Crippen molar-refractivity contribution in [2.24, 2.45) is 5.10 Å². The molecule has 0 spiro atoms. The summed E-state index contributed by atoms with van der Waals surface area (Å²) in [5.74, 6) is -0.146. The minimum absolute atomic E-state index is 0.278. The number of ether oxygens (including phenoxy) is 1. The van der Waals surface area contributed by atoms with Crippen molar-refractivity contribution in [3.05, 3.63) is 95.1 Å². The Balaban J connectivity index is 1.57. The first kappa shape index (κ1) is 20.3. The van der Waals surface area contributed by atoms with E-state index in [1.807, 2.05) is 54.8 Å². The predicted molar refractivity (Wildman–Crippen MR) is 121 cm³/mol. The summed E-state index contributed by atoms with van der Waals surface area (Å²) in [6, 6.07) is 19.7. The largest absolute Gasteiger partial charge is 0.496 e. The van der Waals surface area contributed by atoms with Gasteiger partial charge in [0.1, 0.15) is 11.6 Å². The fraction of sp³-hybridized carbons (Fsp3) is 0.120. The van der Waals surface area contributed by atoms with E-state index in [1.54, 1.807) is 24.4 Å². The Bertz CT molecular complexity index is 1290. The second kappa shape index (κ2) is 8.44. The normalized spacial score (nSPS) is 11.2. The lowest BCUT2D eigenvalue weighted by atomic mass is 10.1. The Morgan fingerprint density at radius 2 is 1.71 bits per heavy atom. The van der Waals surface area contributed by atoms with Crippen LogP contribution < -0.4 is 10.2 Å². The number of carbonyl (C=O) groups excluding carboxylic acids is 1. The van der Waals surface area contributed by atoms with Crippen LogP contribution in [0.15, 0.2) is 71.8 Å². The molecule has 4 rings (SSSR count). The van der Waals surface area contributed by atoms with Crippen LogP contribution in [-0.4, -0.2) is 23.8 Å². The first-order valence-electron chi connectivity index (χ1n) is 9.83. The summed E-state index contributed by atoms with van der Waals surface area (Å²) in [6.45, 7) is 3.91. The molecule has 0 atom stereocenters. The number of hydrogen-bond donors (Lipinski definition) is 1. The molecule has 6 heteroatoms. The van der Waals surface area contributed by atoms with E-state index in [0.717, 1.165) is 33.4 Å². The van der Waals surface area contributed by atoms with Crippen LogP contribution in [-0.2, 0) is 0 Å². The van der Waals surface area contributed by atoms with E-state index in [9.17, 15) is 9.18 Å². The van der Waals surface area contributed by atoms with Crippen molar-refractivity contribution >= 4 is 22.9 Å². The Morgan fingerprint density at radius 3 is 2.39 bits per heavy atom. The third kappa shape index (κ3) is 4.05. The molecule has 31 heavy (non-hydrogen) atoms. The molecule has 0 saturated carbocycles. The van der Waals surface area contributed by atoms with Crippen LogP contribution in [0.1, 0.15) is 27.3 Å². The Labute approximate surface area is 179 Å². The van der Waals surface area contributed by atoms with E-state index in [1.165, 1.54) is 19.2 Å². The zero-order valence-corrected chi connectivity index (χ0v) is 17.5. The van der Waals surface area contributed by atoms with Gasteiger partial charge in [0.2, 0.25) is 0 Å². The first-order valence-corrected chi connectivity index (χ1v) is 9.83. The highest BCUT2D eigenvalue weighted by molar-refractivity contribution is 6.02. The van der Waals surface area contributed by atoms with Crippen molar-refractivity contribution in [1.29, 1.82) is 0 Å². The fourth-order valence-electron chi connectivity index (χ4n) is 3.69. The molecule has 0 aliphatic heterocycles. The van der Waals surface area contributed by atoms with E-state index in [-0.39, 0.29) is 11.7 Å². The Hall–Kier alpha value is -3.93. The Kier molecular flexibility index (Phi) is 5.54. The minimum Gasteiger partial charge on any atom is -0.496 e. The van der Waals surface area contributed by atoms with Gasteiger partial charge in [-0.1, -0.05) is 24.3 Å². The maximum absolute atomic E-state index is 13.3. The SMILES string of the molecule is COc1cc2ccccc2cc1C(=O)N/N=C\c1cc(C)n(-c2ccc(F)cc2)c1C. The van der Waals surface area contributed by atoms with Crippen LogP contribution in [0.5, 0.6) is 5.75 Å². The molecule has 1 amide bonds. The summed E-state index contributed by atoms with van der Waals surface area (Å²) in [6.07, 6.45) is 1.60. The number of nitrogens with one attached hydrogen (secondary N) is 1. The van der Waals surface area contributed by atoms with Gasteiger partial charge in [0.25, 0.3) is 5.91 Å². The number of nitrogens with zero attached hydrogens (tertiary/aromatic N) is 2. The van der Waals surface area contributed by atoms with Gasteiger partial charge in [0, 0.05) is 22.6 Å². The van der Waals surface area contributed by atoms with Gasteiger partial charge in [-0.3, -0.25) is 4.79 Å². The van der Waals surface area contributed by atoms with Crippen LogP contribution >= 0.6 is 0 Å². The van der Waals surface area contributed by atoms with Gasteiger partial charge >= 0.3 is 0 Å². The Morgan fingerprint density at radius 1 is 1.03 bits per heavy atom. The maximum atomic E-state index is 13.3. The van der Waals surface area contributed by atoms with Crippen LogP contribution in [0.4, 0.5) is 4.39 Å². The molecule has 0 fully saturated rings. The molecule has 1 aromatic heterocycles. The van der Waals surface area contributed by atoms with Crippen LogP contribution in [0, 0.1) is 19.7 Å². The predicted octanol–water partition coefficient (Wildman–Crippen LogP) is 5.16. The highest BCUT2D eigenvalue weighted by Crippen LogP contribution is 2.26. The molecule has 0 aliphatic carbocycles. The van der Waals surface area contributed by atoms with Crippen LogP contribution in [0.2, 0.25) is 0 Å². The minimum atomic E-state index is -0.355. The number of hydrogen-bond acceptors (Lipinski definition) is 3. The van der Waals surface area contributed by atoms with Gasteiger partial charge in [0.05, 0.1) is 18.9 Å². The van der Waals surface area contributed by atoms with E-state index >= 15 is 0 Å². The molecule has 0 aliphatic rings. The number of halogens is 1. The second-order valence-corrected chi connectivity index (χ2v) is 7.24. The monoisotopic (exact) mass is 415 g/mol. The van der Waals surface area contributed by atoms with Crippen molar-refractivity contribution < 1.29 is 13.9 Å². The number of amides is 1. The lowest BCUT2D eigenvalue weighted by molar-refractivity contribution is 0.0952. The van der Waals surface area contributed by atoms with E-state index in [2.05, 4.69) is 10.5 Å². The highest BCUT2D eigenvalue weighted by Gasteiger charge is 2.14. The lowest BCUT2D eigenvalue weighted by Gasteiger charge is -2.09. The number of methoxy groups -OCH3 is 1. The molecule has 3 aromatic carbocycles. The topological polar surface area (TPSA) is 55.6 Å². The number of hydrazone groups is 1. The number of fused-ring (bicyclic) bond motifs is 1. The molecule has 1 heterocycles. The van der Waals surface area contributed by atoms with Gasteiger partial charge in [-0.2, -0.15) is 5.10 Å². The molecular formula is C25H22FN3O2. The van der Waals surface area contributed by atoms with Crippen LogP contribution in [0.25, 0.3) is 16.5 Å². The average Bonchev–Trinajstić information content (AvgIpc) is 3.06. The van der Waals surface area contributed by atoms with Crippen LogP contribution in [0.3, 0.4) is 0 Å². The molecule has 0 unspecified atom stereocenters. The molecular weight excluding hydrogens is 393 g/mol. The van der Waals surface area contributed by atoms with Gasteiger partial charge in [-0.25, -0.2) is 9.82 Å². The number of rotatable bonds is 5. The maximum Gasteiger partial charge on any atom is 0.275 e. The van der Waals surface area contributed by atoms with Gasteiger partial charge < -0.3 is 9.30 Å². The molecule has 156 valence electrons. The standard InChI is InChI=1S/C25H22FN3O2/c1-16-12-20(17(2)29(16)22-10-8-21(26)9-11-22)15-27-28-25(30)23-13-18-6-4-5-7-19(18)14-24(23)31-3/h4-15H,1-3H3,(H,28,30)/b27-15-. The van der Waals surface area contributed by atoms with Gasteiger partial charge in [-0.15, -0.1) is 0 Å². The molecule has 0 radical (unpaired) electrons. The van der Waals surface area contributed by atoms with Crippen molar-refractivity contribution in [3.63, 3.8) is 0 Å². The third-order valence-electron chi connectivity index (χ3n) is 5.24. The van der Waals surface area contributed by atoms with Crippen molar-refractivity contribution in [2.45, 2.75) is 13.8 Å². The first-order chi connectivity index (χ1) is 15.0. The summed E-state index contributed by atoms with van der Waals surface area (Å²) in [7, 11) is 1.54. The van der Waals surface area contributed by atoms with Crippen molar-refractivity contribution in [1.82, 2.24) is 9.99 Å². The summed E-state index contributed by atoms with van der Waals surface area (Å²) < 4.78 is 20.7. The third-order valence-corrected chi connectivity index (χ3v) is 5.24. The quantitative estimate of drug-likeness (QED) is 0.362. The van der Waals surface area contributed by atoms with Crippen molar-refractivity contribution in [2.75, 3.05) is 7.11 Å². The second-order valence-electron chi connectivity index (χ2n) is 7.24. The van der Waals surface area contributed by atoms with E-state index in [0.29, 0.717) is 11.3 Å². The van der Waals surface area contributed by atoms with Gasteiger partial charge in [0.15, 0.2) is 0 Å². The van der Waals surface area contributed by atoms with E-state index < -0.39 is 0 Å². The highest BCUT2D eigenvalue weighted by atomic mass is 19.1. The summed E-state index contributed by atoms with van der Waals surface area (Å²) in [4.78, 5) is 12.7. The number of benzene rings is 3. The molecule has 0 bridgehead atoms. The number of aryl methyl sites for hydroxylation is 1. The molecule has 0 saturated heterocycles. The lowest BCUT2D eigenvalue weighted by Crippen LogP contribution is -2.18. The number of aromatic nitrogens is 1.